The summed E-state index contributed by atoms with van der Waals surface area (Å²) in [6.07, 6.45) is 0. The number of rotatable bonds is 0. The summed E-state index contributed by atoms with van der Waals surface area (Å²) in [6.45, 7) is 6.83. The van der Waals surface area contributed by atoms with Gasteiger partial charge in [-0.2, -0.15) is 0 Å². The fourth-order valence-corrected chi connectivity index (χ4v) is 3.09. The second kappa shape index (κ2) is 5.66. The number of halogens is 2. The molecule has 1 aliphatic rings. The molecule has 1 rings (SSSR count). The molecule has 1 atom stereocenters. The van der Waals surface area contributed by atoms with Crippen molar-refractivity contribution < 1.29 is 20.4 Å². The van der Waals surface area contributed by atoms with Crippen LogP contribution in [0, 0.1) is 5.92 Å². The molecule has 0 aliphatic heterocycles. The van der Waals surface area contributed by atoms with E-state index in [1.807, 2.05) is 0 Å². The summed E-state index contributed by atoms with van der Waals surface area (Å²) in [6, 6.07) is 0. The van der Waals surface area contributed by atoms with Crippen molar-refractivity contribution in [1.29, 1.82) is 0 Å². The first kappa shape index (κ1) is 15.5. The zero-order valence-electron chi connectivity index (χ0n) is 7.89. The third kappa shape index (κ3) is 2.49. The van der Waals surface area contributed by atoms with Gasteiger partial charge in [-0.1, -0.05) is 0 Å². The van der Waals surface area contributed by atoms with E-state index in [1.165, 1.54) is 10.2 Å². The number of hydrogen-bond donors (Lipinski definition) is 0. The normalized spacial score (nSPS) is 22.3. The third-order valence-electron chi connectivity index (χ3n) is 2.64. The molecular weight excluding hydrogens is 243 g/mol. The maximum atomic E-state index is 2.30. The molecule has 0 nitrogen and oxygen atoms in total. The summed E-state index contributed by atoms with van der Waals surface area (Å²) in [7, 11) is 1.22. The van der Waals surface area contributed by atoms with Crippen LogP contribution in [0.4, 0.5) is 0 Å². The molecule has 0 N–H and O–H groups in total. The molecule has 0 aromatic heterocycles. The van der Waals surface area contributed by atoms with Gasteiger partial charge in [0.2, 0.25) is 0 Å². The molecule has 0 spiro atoms. The summed E-state index contributed by atoms with van der Waals surface area (Å²) >= 11 is 2.26. The number of allylic oxidation sites excluding steroid dienone is 4. The molecule has 0 saturated heterocycles. The van der Waals surface area contributed by atoms with Crippen molar-refractivity contribution >= 4 is 35.1 Å². The van der Waals surface area contributed by atoms with Gasteiger partial charge in [-0.25, -0.2) is 0 Å². The molecule has 69 valence electrons. The van der Waals surface area contributed by atoms with E-state index < -0.39 is 0 Å². The van der Waals surface area contributed by atoms with Gasteiger partial charge in [0.05, 0.1) is 0 Å². The first-order chi connectivity index (χ1) is 4.55. The fraction of sp³-hybridized carbons (Fsp3) is 0.500. The molecule has 0 aromatic carbocycles. The van der Waals surface area contributed by atoms with E-state index in [0.29, 0.717) is 0 Å². The summed E-state index contributed by atoms with van der Waals surface area (Å²) in [5, 5.41) is 1.64. The van der Waals surface area contributed by atoms with Crippen molar-refractivity contribution in [3.8, 4) is 0 Å². The van der Waals surface area contributed by atoms with Crippen LogP contribution in [0.1, 0.15) is 20.8 Å². The summed E-state index contributed by atoms with van der Waals surface area (Å²) < 4.78 is 1.59. The Labute approximate surface area is 102 Å². The van der Waals surface area contributed by atoms with Gasteiger partial charge in [-0.05, 0) is 0 Å². The predicted molar refractivity (Wildman–Crippen MR) is 59.0 cm³/mol. The van der Waals surface area contributed by atoms with Gasteiger partial charge in [0.25, 0.3) is 0 Å². The van der Waals surface area contributed by atoms with E-state index in [1.54, 1.807) is 20.2 Å². The second-order valence-electron chi connectivity index (χ2n) is 3.07. The minimum absolute atomic E-state index is 0. The predicted octanol–water partition coefficient (Wildman–Crippen LogP) is 1.94. The maximum Gasteiger partial charge on any atom is -0.147 e. The molecule has 0 fully saturated rings. The van der Waals surface area contributed by atoms with Gasteiger partial charge < -0.3 is 0 Å². The van der Waals surface area contributed by atoms with Crippen molar-refractivity contribution in [2.75, 3.05) is 0 Å². The molecule has 0 aromatic rings. The minimum atomic E-state index is 0. The molecule has 1 unspecified atom stereocenters. The Hall–Kier alpha value is 0.991. The van der Waals surface area contributed by atoms with Crippen molar-refractivity contribution in [3.05, 3.63) is 20.2 Å². The van der Waals surface area contributed by atoms with Gasteiger partial charge in [0.15, 0.2) is 0 Å². The Bertz CT molecular complexity index is 209. The van der Waals surface area contributed by atoms with Crippen molar-refractivity contribution in [1.82, 2.24) is 0 Å². The van der Waals surface area contributed by atoms with Crippen LogP contribution < -0.4 is 0 Å². The van der Waals surface area contributed by atoms with Gasteiger partial charge in [-0.15, -0.1) is 24.8 Å². The minimum Gasteiger partial charge on any atom is -0.147 e. The summed E-state index contributed by atoms with van der Waals surface area (Å²) in [4.78, 5) is 0. The topological polar surface area (TPSA) is 0 Å². The molecule has 0 heterocycles. The SMILES string of the molecule is CC1=[C]([Ti])C(C)C(C)=C1[SiH3].Cl.Cl. The van der Waals surface area contributed by atoms with Gasteiger partial charge >= 0.3 is 77.6 Å². The van der Waals surface area contributed by atoms with Crippen LogP contribution in [0.2, 0.25) is 0 Å². The molecule has 1 aliphatic carbocycles. The van der Waals surface area contributed by atoms with E-state index in [9.17, 15) is 0 Å². The molecule has 4 heteroatoms. The van der Waals surface area contributed by atoms with Crippen LogP contribution >= 0.6 is 24.8 Å². The van der Waals surface area contributed by atoms with E-state index >= 15 is 0 Å². The Kier molecular flexibility index (Phi) is 7.30. The summed E-state index contributed by atoms with van der Waals surface area (Å²) in [5.74, 6) is 0.729. The van der Waals surface area contributed by atoms with Crippen molar-refractivity contribution in [3.63, 3.8) is 0 Å². The zero-order valence-corrected chi connectivity index (χ0v) is 13.1. The van der Waals surface area contributed by atoms with E-state index in [0.717, 1.165) is 5.92 Å². The first-order valence-corrected chi connectivity index (χ1v) is 5.44. The third-order valence-corrected chi connectivity index (χ3v) is 5.44. The first-order valence-electron chi connectivity index (χ1n) is 3.65. The standard InChI is InChI=1S/C8H13Si.2ClH.Ti/c1-5-4-6(2)8(9)7(5)3;;;/h5H,1-3,9H3;2*1H;. The van der Waals surface area contributed by atoms with E-state index in [2.05, 4.69) is 41.2 Å². The average molecular weight is 258 g/mol. The van der Waals surface area contributed by atoms with E-state index in [4.69, 9.17) is 0 Å². The van der Waals surface area contributed by atoms with Crippen molar-refractivity contribution in [2.24, 2.45) is 5.92 Å². The van der Waals surface area contributed by atoms with Crippen LogP contribution in [0.3, 0.4) is 0 Å². The molecule has 0 radical (unpaired) electrons. The van der Waals surface area contributed by atoms with Crippen LogP contribution in [0.15, 0.2) is 20.2 Å². The number of hydrogen-bond acceptors (Lipinski definition) is 0. The molecule has 12 heavy (non-hydrogen) atoms. The summed E-state index contributed by atoms with van der Waals surface area (Å²) in [5.41, 5.74) is 3.18. The Morgan fingerprint density at radius 1 is 1.25 bits per heavy atom. The molecular formula is C8H15Cl2SiTi. The van der Waals surface area contributed by atoms with Crippen LogP contribution in [0.5, 0.6) is 0 Å². The van der Waals surface area contributed by atoms with Crippen molar-refractivity contribution in [2.45, 2.75) is 20.8 Å². The Morgan fingerprint density at radius 3 is 1.75 bits per heavy atom. The quantitative estimate of drug-likeness (QED) is 0.582. The van der Waals surface area contributed by atoms with E-state index in [-0.39, 0.29) is 24.8 Å². The van der Waals surface area contributed by atoms with Crippen LogP contribution in [-0.2, 0) is 20.4 Å². The van der Waals surface area contributed by atoms with Gasteiger partial charge in [-0.3, -0.25) is 0 Å². The molecule has 0 amide bonds. The smallest absolute Gasteiger partial charge is 0.147 e. The largest absolute Gasteiger partial charge is 0.147 e. The molecule has 0 bridgehead atoms. The van der Waals surface area contributed by atoms with Crippen LogP contribution in [-0.4, -0.2) is 10.2 Å². The molecule has 0 saturated carbocycles. The fourth-order valence-electron chi connectivity index (χ4n) is 1.36. The van der Waals surface area contributed by atoms with Crippen LogP contribution in [0.25, 0.3) is 0 Å². The van der Waals surface area contributed by atoms with Gasteiger partial charge in [0, 0.05) is 0 Å². The Morgan fingerprint density at radius 2 is 1.67 bits per heavy atom. The Balaban J connectivity index is 0. The van der Waals surface area contributed by atoms with Gasteiger partial charge in [0.1, 0.15) is 0 Å². The zero-order chi connectivity index (χ0) is 7.89. The monoisotopic (exact) mass is 257 g/mol. The second-order valence-corrected chi connectivity index (χ2v) is 4.91. The average Bonchev–Trinajstić information content (AvgIpc) is 2.07. The maximum absolute atomic E-state index is 2.30.